The topological polar surface area (TPSA) is 105 Å². The molecule has 7 atom stereocenters. The lowest BCUT2D eigenvalue weighted by Gasteiger charge is -2.56. The van der Waals surface area contributed by atoms with Crippen LogP contribution < -0.4 is 11.5 Å². The van der Waals surface area contributed by atoms with Gasteiger partial charge in [-0.25, -0.2) is 0 Å². The molecule has 3 saturated carbocycles. The van der Waals surface area contributed by atoms with Gasteiger partial charge in [0, 0.05) is 13.2 Å². The van der Waals surface area contributed by atoms with Crippen LogP contribution >= 0.6 is 0 Å². The molecule has 0 aromatic heterocycles. The molecule has 0 aromatic carbocycles. The summed E-state index contributed by atoms with van der Waals surface area (Å²) >= 11 is 0. The molecule has 2 unspecified atom stereocenters. The van der Waals surface area contributed by atoms with Gasteiger partial charge in [-0.05, 0) is 79.4 Å². The monoisotopic (exact) mass is 363 g/mol. The molecular formula is C21H37N3O2. The van der Waals surface area contributed by atoms with Crippen LogP contribution in [0.5, 0.6) is 0 Å². The van der Waals surface area contributed by atoms with E-state index in [1.54, 1.807) is 0 Å². The van der Waals surface area contributed by atoms with E-state index in [4.69, 9.17) is 11.5 Å². The van der Waals surface area contributed by atoms with E-state index in [2.05, 4.69) is 25.4 Å². The molecule has 3 aliphatic rings. The first kappa shape index (κ1) is 19.7. The molecule has 0 spiro atoms. The third kappa shape index (κ3) is 3.18. The van der Waals surface area contributed by atoms with Crippen molar-refractivity contribution in [1.29, 1.82) is 0 Å². The Bertz CT molecular complexity index is 574. The quantitative estimate of drug-likeness (QED) is 0.350. The molecule has 0 amide bonds. The van der Waals surface area contributed by atoms with Crippen molar-refractivity contribution in [3.05, 3.63) is 12.2 Å². The minimum Gasteiger partial charge on any atom is -0.396 e. The minimum atomic E-state index is -0.281. The largest absolute Gasteiger partial charge is 0.396 e. The summed E-state index contributed by atoms with van der Waals surface area (Å²) < 4.78 is 0. The van der Waals surface area contributed by atoms with Crippen molar-refractivity contribution in [3.8, 4) is 0 Å². The normalized spacial score (nSPS) is 46.0. The van der Waals surface area contributed by atoms with Crippen molar-refractivity contribution >= 4 is 5.96 Å². The van der Waals surface area contributed by atoms with Crippen molar-refractivity contribution in [3.63, 3.8) is 0 Å². The molecular weight excluding hydrogens is 326 g/mol. The van der Waals surface area contributed by atoms with Crippen LogP contribution in [0.25, 0.3) is 0 Å². The Morgan fingerprint density at radius 1 is 1.19 bits per heavy atom. The average Bonchev–Trinajstić information content (AvgIpc) is 2.90. The number of aliphatic imine (C=N–C) groups is 1. The van der Waals surface area contributed by atoms with E-state index in [0.29, 0.717) is 30.7 Å². The summed E-state index contributed by atoms with van der Waals surface area (Å²) in [5, 5.41) is 20.2. The number of aliphatic hydroxyl groups excluding tert-OH is 2. The predicted molar refractivity (Wildman–Crippen MR) is 105 cm³/mol. The lowest BCUT2D eigenvalue weighted by Crippen LogP contribution is -2.52. The van der Waals surface area contributed by atoms with Gasteiger partial charge in [-0.15, -0.1) is 0 Å². The van der Waals surface area contributed by atoms with Gasteiger partial charge in [-0.1, -0.05) is 26.0 Å². The molecule has 0 aliphatic heterocycles. The highest BCUT2D eigenvalue weighted by atomic mass is 16.3. The molecule has 3 rings (SSSR count). The van der Waals surface area contributed by atoms with Gasteiger partial charge in [0.1, 0.15) is 0 Å². The van der Waals surface area contributed by atoms with Gasteiger partial charge >= 0.3 is 0 Å². The number of nitrogens with two attached hydrogens (primary N) is 2. The van der Waals surface area contributed by atoms with E-state index in [0.717, 1.165) is 32.1 Å². The maximum atomic E-state index is 10.1. The first-order valence-corrected chi connectivity index (χ1v) is 10.2. The number of rotatable bonds is 4. The number of hydrogen-bond donors (Lipinski definition) is 4. The van der Waals surface area contributed by atoms with E-state index in [1.807, 2.05) is 0 Å². The Morgan fingerprint density at radius 3 is 2.58 bits per heavy atom. The molecule has 6 N–H and O–H groups in total. The molecule has 5 heteroatoms. The highest BCUT2D eigenvalue weighted by molar-refractivity contribution is 5.75. The van der Waals surface area contributed by atoms with Crippen molar-refractivity contribution in [2.24, 2.45) is 51.0 Å². The van der Waals surface area contributed by atoms with Crippen LogP contribution in [0.1, 0.15) is 58.8 Å². The zero-order valence-electron chi connectivity index (χ0n) is 16.5. The molecule has 26 heavy (non-hydrogen) atoms. The van der Waals surface area contributed by atoms with Crippen LogP contribution in [0.15, 0.2) is 17.1 Å². The number of hydrogen-bond acceptors (Lipinski definition) is 3. The highest BCUT2D eigenvalue weighted by Crippen LogP contribution is 2.63. The van der Waals surface area contributed by atoms with E-state index < -0.39 is 0 Å². The first-order valence-electron chi connectivity index (χ1n) is 10.2. The van der Waals surface area contributed by atoms with Crippen LogP contribution in [0, 0.1) is 34.5 Å². The number of guanidine groups is 1. The smallest absolute Gasteiger partial charge is 0.185 e. The van der Waals surface area contributed by atoms with Crippen molar-refractivity contribution in [1.82, 2.24) is 0 Å². The molecule has 0 aromatic rings. The Balaban J connectivity index is 1.94. The second-order valence-corrected chi connectivity index (χ2v) is 9.55. The summed E-state index contributed by atoms with van der Waals surface area (Å²) in [5.41, 5.74) is 13.0. The molecule has 0 bridgehead atoms. The van der Waals surface area contributed by atoms with E-state index in [-0.39, 0.29) is 35.4 Å². The standard InChI is InChI=1S/C21H37N3O2/c1-13-4-5-17-16(11-24-19(22)23)18(7-9-20(13,17)2)21(3)8-6-15(26)10-14(21)12-25/h14-18,25-26H,1,4-12H2,2-3H3,(H4,22,23,24)/t14-,15+,16-,17?,18?,20+,21+/m1/s1. The minimum absolute atomic E-state index is 0.0305. The maximum absolute atomic E-state index is 10.1. The van der Waals surface area contributed by atoms with Gasteiger partial charge in [-0.2, -0.15) is 0 Å². The van der Waals surface area contributed by atoms with Crippen molar-refractivity contribution in [2.75, 3.05) is 13.2 Å². The van der Waals surface area contributed by atoms with Gasteiger partial charge in [0.25, 0.3) is 0 Å². The average molecular weight is 364 g/mol. The lowest BCUT2D eigenvalue weighted by atomic mass is 9.49. The van der Waals surface area contributed by atoms with Crippen LogP contribution in [0.3, 0.4) is 0 Å². The predicted octanol–water partition coefficient (Wildman–Crippen LogP) is 2.42. The fourth-order valence-corrected chi connectivity index (χ4v) is 6.65. The Kier molecular flexibility index (Phi) is 5.42. The highest BCUT2D eigenvalue weighted by Gasteiger charge is 2.56. The molecule has 0 saturated heterocycles. The van der Waals surface area contributed by atoms with Crippen molar-refractivity contribution in [2.45, 2.75) is 64.9 Å². The lowest BCUT2D eigenvalue weighted by molar-refractivity contribution is -0.0915. The van der Waals surface area contributed by atoms with Gasteiger partial charge in [0.05, 0.1) is 6.10 Å². The van der Waals surface area contributed by atoms with Crippen LogP contribution in [-0.2, 0) is 0 Å². The Hall–Kier alpha value is -1.07. The summed E-state index contributed by atoms with van der Waals surface area (Å²) in [7, 11) is 0. The van der Waals surface area contributed by atoms with Crippen LogP contribution in [-0.4, -0.2) is 35.4 Å². The van der Waals surface area contributed by atoms with Gasteiger partial charge < -0.3 is 21.7 Å². The molecule has 5 nitrogen and oxygen atoms in total. The van der Waals surface area contributed by atoms with E-state index in [1.165, 1.54) is 12.0 Å². The third-order valence-electron chi connectivity index (χ3n) is 8.45. The number of nitrogens with zero attached hydrogens (tertiary/aromatic N) is 1. The summed E-state index contributed by atoms with van der Waals surface area (Å²) in [4.78, 5) is 4.44. The first-order chi connectivity index (χ1) is 12.2. The summed E-state index contributed by atoms with van der Waals surface area (Å²) in [6, 6.07) is 0. The summed E-state index contributed by atoms with van der Waals surface area (Å²) in [6.07, 6.45) is 6.77. The van der Waals surface area contributed by atoms with Gasteiger partial charge in [-0.3, -0.25) is 4.99 Å². The SMILES string of the molecule is C=C1CCC2[C@@H](CN=C(N)N)C([C@@]3(C)CC[C@H](O)C[C@@H]3CO)CC[C@@]12C. The summed E-state index contributed by atoms with van der Waals surface area (Å²) in [5.74, 6) is 1.74. The molecule has 148 valence electrons. The second-order valence-electron chi connectivity index (χ2n) is 9.55. The van der Waals surface area contributed by atoms with Crippen LogP contribution in [0.2, 0.25) is 0 Å². The molecule has 0 heterocycles. The molecule has 0 radical (unpaired) electrons. The number of allylic oxidation sites excluding steroid dienone is 1. The number of fused-ring (bicyclic) bond motifs is 1. The second kappa shape index (κ2) is 7.16. The third-order valence-corrected chi connectivity index (χ3v) is 8.45. The Morgan fingerprint density at radius 2 is 1.92 bits per heavy atom. The zero-order valence-corrected chi connectivity index (χ0v) is 16.5. The van der Waals surface area contributed by atoms with Crippen molar-refractivity contribution < 1.29 is 10.2 Å². The van der Waals surface area contributed by atoms with Crippen LogP contribution in [0.4, 0.5) is 0 Å². The fourth-order valence-electron chi connectivity index (χ4n) is 6.65. The zero-order chi connectivity index (χ0) is 19.1. The fraction of sp³-hybridized carbons (Fsp3) is 0.857. The van der Waals surface area contributed by atoms with E-state index in [9.17, 15) is 10.2 Å². The Labute approximate surface area is 157 Å². The summed E-state index contributed by atoms with van der Waals surface area (Å²) in [6.45, 7) is 9.90. The molecule has 3 fully saturated rings. The molecule has 3 aliphatic carbocycles. The van der Waals surface area contributed by atoms with Gasteiger partial charge in [0.2, 0.25) is 0 Å². The van der Waals surface area contributed by atoms with E-state index >= 15 is 0 Å². The number of aliphatic hydroxyl groups is 2. The van der Waals surface area contributed by atoms with Gasteiger partial charge in [0.15, 0.2) is 5.96 Å². The maximum Gasteiger partial charge on any atom is 0.185 e.